The van der Waals surface area contributed by atoms with Crippen molar-refractivity contribution in [2.45, 2.75) is 13.3 Å². The summed E-state index contributed by atoms with van der Waals surface area (Å²) in [5.41, 5.74) is 2.80. The number of aliphatic imine (C=N–C) groups is 2. The van der Waals surface area contributed by atoms with Crippen LogP contribution >= 0.6 is 0 Å². The van der Waals surface area contributed by atoms with Crippen molar-refractivity contribution in [3.63, 3.8) is 0 Å². The largest absolute Gasteiger partial charge is 0.188 e. The van der Waals surface area contributed by atoms with Gasteiger partial charge >= 0.3 is 0 Å². The number of hydrogen-bond donors (Lipinski definition) is 0. The fourth-order valence-corrected chi connectivity index (χ4v) is 1.59. The Kier molecular flexibility index (Phi) is 4.70. The van der Waals surface area contributed by atoms with Crippen LogP contribution in [0.1, 0.15) is 12.5 Å². The highest BCUT2D eigenvalue weighted by molar-refractivity contribution is 5.60. The zero-order chi connectivity index (χ0) is 13.3. The van der Waals surface area contributed by atoms with Crippen molar-refractivity contribution in [3.8, 4) is 11.8 Å². The summed E-state index contributed by atoms with van der Waals surface area (Å²) in [6.07, 6.45) is 0.698. The highest BCUT2D eigenvalue weighted by Crippen LogP contribution is 2.18. The molecule has 0 aromatic heterocycles. The van der Waals surface area contributed by atoms with Crippen LogP contribution in [0.5, 0.6) is 0 Å². The summed E-state index contributed by atoms with van der Waals surface area (Å²) >= 11 is 0. The maximum absolute atomic E-state index is 4.27. The van der Waals surface area contributed by atoms with E-state index >= 15 is 0 Å². The number of benzene rings is 2. The molecular formula is C17H14N2. The van der Waals surface area contributed by atoms with Gasteiger partial charge in [0.2, 0.25) is 0 Å². The minimum Gasteiger partial charge on any atom is -0.188 e. The number of nitrogens with zero attached hydrogens (tertiary/aromatic N) is 2. The lowest BCUT2D eigenvalue weighted by Crippen LogP contribution is -1.81. The average molecular weight is 246 g/mol. The van der Waals surface area contributed by atoms with Crippen LogP contribution in [0.25, 0.3) is 0 Å². The Bertz CT molecular complexity index is 654. The minimum atomic E-state index is 0.698. The summed E-state index contributed by atoms with van der Waals surface area (Å²) in [6.45, 7) is 1.84. The van der Waals surface area contributed by atoms with Crippen LogP contribution in [0.4, 0.5) is 11.4 Å². The van der Waals surface area contributed by atoms with Gasteiger partial charge in [-0.15, -0.1) is 5.92 Å². The summed E-state index contributed by atoms with van der Waals surface area (Å²) in [5.74, 6) is 5.93. The average Bonchev–Trinajstić information content (AvgIpc) is 2.47. The zero-order valence-electron chi connectivity index (χ0n) is 10.8. The van der Waals surface area contributed by atoms with E-state index in [-0.39, 0.29) is 0 Å². The molecule has 0 atom stereocenters. The molecule has 19 heavy (non-hydrogen) atoms. The predicted octanol–water partition coefficient (Wildman–Crippen LogP) is 4.39. The number of rotatable bonds is 3. The van der Waals surface area contributed by atoms with Gasteiger partial charge < -0.3 is 0 Å². The fourth-order valence-electron chi connectivity index (χ4n) is 1.59. The van der Waals surface area contributed by atoms with Crippen LogP contribution < -0.4 is 0 Å². The highest BCUT2D eigenvalue weighted by atomic mass is 14.8. The lowest BCUT2D eigenvalue weighted by Gasteiger charge is -1.98. The molecule has 2 aromatic rings. The lowest BCUT2D eigenvalue weighted by molar-refractivity contribution is 1.29. The molecule has 2 nitrogen and oxygen atoms in total. The molecule has 0 aliphatic heterocycles. The lowest BCUT2D eigenvalue weighted by atomic mass is 10.1. The molecule has 0 spiro atoms. The molecule has 0 unspecified atom stereocenters. The van der Waals surface area contributed by atoms with E-state index in [0.717, 1.165) is 16.9 Å². The Morgan fingerprint density at radius 1 is 0.895 bits per heavy atom. The maximum atomic E-state index is 4.27. The molecule has 0 aliphatic rings. The van der Waals surface area contributed by atoms with Crippen LogP contribution in [-0.2, 0) is 6.42 Å². The molecule has 2 heteroatoms. The molecular weight excluding hydrogens is 232 g/mol. The van der Waals surface area contributed by atoms with Crippen LogP contribution in [0.3, 0.4) is 0 Å². The van der Waals surface area contributed by atoms with Gasteiger partial charge in [0.15, 0.2) is 0 Å². The summed E-state index contributed by atoms with van der Waals surface area (Å²) in [4.78, 5) is 8.44. The molecule has 0 aliphatic carbocycles. The van der Waals surface area contributed by atoms with Crippen molar-refractivity contribution < 1.29 is 0 Å². The Labute approximate surface area is 113 Å². The molecule has 2 rings (SSSR count). The molecule has 0 saturated carbocycles. The summed E-state index contributed by atoms with van der Waals surface area (Å²) < 4.78 is 0. The standard InChI is InChI=1S/C17H14N2/c1-2-3-9-15-10-7-8-13-17(15)19-14-18-16-11-5-4-6-12-16/h4-8,10-13H,9H2,1H3. The van der Waals surface area contributed by atoms with Crippen molar-refractivity contribution in [2.24, 2.45) is 9.98 Å². The highest BCUT2D eigenvalue weighted by Gasteiger charge is 1.96. The molecule has 0 saturated heterocycles. The van der Waals surface area contributed by atoms with Crippen LogP contribution in [0, 0.1) is 11.8 Å². The Balaban J connectivity index is 2.22. The first-order valence-corrected chi connectivity index (χ1v) is 6.09. The summed E-state index contributed by atoms with van der Waals surface area (Å²) in [7, 11) is 0. The second-order valence-electron chi connectivity index (χ2n) is 3.89. The molecule has 0 fully saturated rings. The quantitative estimate of drug-likeness (QED) is 0.567. The SMILES string of the molecule is CC#CCc1ccccc1N=C=Nc1ccccc1. The van der Waals surface area contributed by atoms with E-state index in [0.29, 0.717) is 6.42 Å². The van der Waals surface area contributed by atoms with Crippen LogP contribution in [-0.4, -0.2) is 6.01 Å². The Morgan fingerprint density at radius 2 is 1.63 bits per heavy atom. The third-order valence-corrected chi connectivity index (χ3v) is 2.55. The van der Waals surface area contributed by atoms with Crippen molar-refractivity contribution in [2.75, 3.05) is 0 Å². The van der Waals surface area contributed by atoms with E-state index in [9.17, 15) is 0 Å². The van der Waals surface area contributed by atoms with Crippen molar-refractivity contribution in [3.05, 3.63) is 60.2 Å². The van der Waals surface area contributed by atoms with E-state index < -0.39 is 0 Å². The third-order valence-electron chi connectivity index (χ3n) is 2.55. The fraction of sp³-hybridized carbons (Fsp3) is 0.118. The van der Waals surface area contributed by atoms with Crippen LogP contribution in [0.15, 0.2) is 64.6 Å². The Morgan fingerprint density at radius 3 is 2.42 bits per heavy atom. The second-order valence-corrected chi connectivity index (χ2v) is 3.89. The van der Waals surface area contributed by atoms with Crippen molar-refractivity contribution in [1.82, 2.24) is 0 Å². The van der Waals surface area contributed by atoms with Gasteiger partial charge in [-0.25, -0.2) is 0 Å². The first-order chi connectivity index (χ1) is 9.40. The number of para-hydroxylation sites is 2. The van der Waals surface area contributed by atoms with Crippen LogP contribution in [0.2, 0.25) is 0 Å². The van der Waals surface area contributed by atoms with Gasteiger partial charge in [-0.3, -0.25) is 0 Å². The second kappa shape index (κ2) is 6.96. The molecule has 0 N–H and O–H groups in total. The molecule has 2 aromatic carbocycles. The van der Waals surface area contributed by atoms with E-state index in [1.807, 2.05) is 61.5 Å². The first-order valence-electron chi connectivity index (χ1n) is 6.09. The molecule has 0 bridgehead atoms. The number of hydrogen-bond acceptors (Lipinski definition) is 2. The van der Waals surface area contributed by atoms with E-state index in [1.165, 1.54) is 0 Å². The Hall–Kier alpha value is -2.62. The maximum Gasteiger partial charge on any atom is 0.100 e. The van der Waals surface area contributed by atoms with Gasteiger partial charge in [-0.1, -0.05) is 42.3 Å². The molecule has 0 radical (unpaired) electrons. The molecule has 92 valence electrons. The topological polar surface area (TPSA) is 24.7 Å². The predicted molar refractivity (Wildman–Crippen MR) is 79.2 cm³/mol. The first kappa shape index (κ1) is 12.8. The summed E-state index contributed by atoms with van der Waals surface area (Å²) in [6, 6.07) is 20.3. The third kappa shape index (κ3) is 3.96. The summed E-state index contributed by atoms with van der Waals surface area (Å²) in [5, 5.41) is 0. The smallest absolute Gasteiger partial charge is 0.100 e. The van der Waals surface area contributed by atoms with Gasteiger partial charge in [0.1, 0.15) is 6.01 Å². The molecule has 0 heterocycles. The van der Waals surface area contributed by atoms with Crippen molar-refractivity contribution >= 4 is 17.4 Å². The van der Waals surface area contributed by atoms with Gasteiger partial charge in [-0.2, -0.15) is 9.98 Å². The monoisotopic (exact) mass is 246 g/mol. The van der Waals surface area contributed by atoms with E-state index in [1.54, 1.807) is 0 Å². The van der Waals surface area contributed by atoms with E-state index in [4.69, 9.17) is 0 Å². The normalized spacial score (nSPS) is 8.89. The zero-order valence-corrected chi connectivity index (χ0v) is 10.8. The van der Waals surface area contributed by atoms with Crippen molar-refractivity contribution in [1.29, 1.82) is 0 Å². The minimum absolute atomic E-state index is 0.698. The molecule has 0 amide bonds. The van der Waals surface area contributed by atoms with Gasteiger partial charge in [-0.05, 0) is 30.7 Å². The van der Waals surface area contributed by atoms with Gasteiger partial charge in [0.25, 0.3) is 0 Å². The van der Waals surface area contributed by atoms with Gasteiger partial charge in [0.05, 0.1) is 11.4 Å². The van der Waals surface area contributed by atoms with E-state index in [2.05, 4.69) is 27.8 Å². The van der Waals surface area contributed by atoms with Gasteiger partial charge in [0, 0.05) is 6.42 Å².